The van der Waals surface area contributed by atoms with Gasteiger partial charge in [-0.05, 0) is 127 Å². The van der Waals surface area contributed by atoms with Crippen LogP contribution in [0.15, 0.2) is 0 Å². The van der Waals surface area contributed by atoms with Crippen molar-refractivity contribution in [2.45, 2.75) is 183 Å². The van der Waals surface area contributed by atoms with Gasteiger partial charge in [0.05, 0.1) is 24.2 Å². The zero-order valence-corrected chi connectivity index (χ0v) is 41.5. The number of hydrogen-bond donors (Lipinski definition) is 1. The van der Waals surface area contributed by atoms with Crippen LogP contribution in [0.4, 0.5) is 0 Å². The summed E-state index contributed by atoms with van der Waals surface area (Å²) in [6, 6.07) is 0. The quantitative estimate of drug-likeness (QED) is 0.167. The number of carbonyl (C=O) groups excluding carboxylic acids is 3. The molecule has 4 fully saturated rings. The first-order valence-corrected chi connectivity index (χ1v) is 22.7. The molecule has 4 heterocycles. The van der Waals surface area contributed by atoms with Crippen molar-refractivity contribution < 1.29 is 38.5 Å². The molecule has 1 N–H and O–H groups in total. The van der Waals surface area contributed by atoms with Crippen LogP contribution in [0.1, 0.15) is 143 Å². The molecule has 4 aliphatic rings. The lowest BCUT2D eigenvalue weighted by Crippen LogP contribution is -2.65. The Balaban J connectivity index is 1.96. The van der Waals surface area contributed by atoms with Gasteiger partial charge in [0.25, 0.3) is 0 Å². The number of piperidine rings is 4. The Kier molecular flexibility index (Phi) is 14.0. The van der Waals surface area contributed by atoms with E-state index >= 15 is 14.4 Å². The van der Waals surface area contributed by atoms with Gasteiger partial charge in [0.2, 0.25) is 0 Å². The molecule has 346 valence electrons. The monoisotopic (exact) mass is 847 g/mol. The first-order valence-electron chi connectivity index (χ1n) is 22.7. The smallest absolute Gasteiger partial charge is 0.311 e. The lowest BCUT2D eigenvalue weighted by Gasteiger charge is -2.59. The molecule has 7 unspecified atom stereocenters. The summed E-state index contributed by atoms with van der Waals surface area (Å²) in [5.41, 5.74) is -3.71. The fraction of sp³-hybridized carbons (Fsp3) is 0.917. The van der Waals surface area contributed by atoms with Crippen molar-refractivity contribution in [3.8, 4) is 0 Å². The summed E-state index contributed by atoms with van der Waals surface area (Å²) in [5, 5.41) is 10.7. The Morgan fingerprint density at radius 1 is 0.483 bits per heavy atom. The second kappa shape index (κ2) is 16.7. The van der Waals surface area contributed by atoms with Crippen molar-refractivity contribution in [1.82, 2.24) is 19.6 Å². The first kappa shape index (κ1) is 50.4. The molecule has 4 saturated heterocycles. The third-order valence-electron chi connectivity index (χ3n) is 19.7. The zero-order valence-electron chi connectivity index (χ0n) is 41.5. The second-order valence-corrected chi connectivity index (χ2v) is 23.6. The van der Waals surface area contributed by atoms with Gasteiger partial charge in [-0.1, -0.05) is 55.4 Å². The maximum atomic E-state index is 15.6. The van der Waals surface area contributed by atoms with E-state index in [4.69, 9.17) is 14.2 Å². The summed E-state index contributed by atoms with van der Waals surface area (Å²) in [5.74, 6) is -8.07. The Morgan fingerprint density at radius 3 is 1.13 bits per heavy atom. The molecular weight excluding hydrogens is 761 g/mol. The molecule has 0 aromatic carbocycles. The third kappa shape index (κ3) is 8.31. The molecule has 12 heteroatoms. The van der Waals surface area contributed by atoms with Crippen LogP contribution in [0.3, 0.4) is 0 Å². The van der Waals surface area contributed by atoms with Gasteiger partial charge in [-0.3, -0.25) is 19.2 Å². The number of esters is 3. The van der Waals surface area contributed by atoms with Crippen LogP contribution in [0.2, 0.25) is 0 Å². The van der Waals surface area contributed by atoms with Crippen LogP contribution in [0, 0.1) is 45.3 Å². The van der Waals surface area contributed by atoms with Crippen molar-refractivity contribution in [2.75, 3.05) is 54.4 Å². The van der Waals surface area contributed by atoms with E-state index < -0.39 is 99.5 Å². The molecule has 0 aromatic rings. The number of carbonyl (C=O) groups is 4. The highest BCUT2D eigenvalue weighted by Gasteiger charge is 2.61. The van der Waals surface area contributed by atoms with Crippen molar-refractivity contribution >= 4 is 23.9 Å². The largest absolute Gasteiger partial charge is 0.481 e. The summed E-state index contributed by atoms with van der Waals surface area (Å²) in [4.78, 5) is 68.5. The summed E-state index contributed by atoms with van der Waals surface area (Å²) >= 11 is 0. The molecule has 0 spiro atoms. The van der Waals surface area contributed by atoms with E-state index in [9.17, 15) is 9.90 Å². The van der Waals surface area contributed by atoms with Crippen molar-refractivity contribution in [3.05, 3.63) is 0 Å². The molecule has 7 atom stereocenters. The molecule has 4 rings (SSSR count). The first-order chi connectivity index (χ1) is 27.0. The van der Waals surface area contributed by atoms with Gasteiger partial charge in [-0.2, -0.15) is 0 Å². The molecule has 0 amide bonds. The highest BCUT2D eigenvalue weighted by atomic mass is 16.6. The van der Waals surface area contributed by atoms with E-state index in [-0.39, 0.29) is 16.6 Å². The van der Waals surface area contributed by atoms with E-state index in [0.29, 0.717) is 51.9 Å². The SMILES string of the molecule is CN1CCC(OC(=O)C(CC(=O)O)C(C(=O)OC2CCN(C)C(C)(C)C2(C)C)C(C(=O)OC2CCN(C)C(C)(C)C2(C)C)C2CCN(C)C(C)(C)C2(C)C)C(C)(C)C1(C)C. The molecule has 0 aliphatic carbocycles. The zero-order chi connectivity index (χ0) is 46.1. The molecule has 0 aromatic heterocycles. The number of nitrogens with zero attached hydrogens (tertiary/aromatic N) is 4. The lowest BCUT2D eigenvalue weighted by atomic mass is 9.55. The van der Waals surface area contributed by atoms with E-state index in [2.05, 4.69) is 159 Å². The van der Waals surface area contributed by atoms with E-state index in [1.807, 2.05) is 0 Å². The molecule has 4 aliphatic heterocycles. The highest BCUT2D eigenvalue weighted by Crippen LogP contribution is 2.55. The van der Waals surface area contributed by atoms with E-state index in [0.717, 1.165) is 0 Å². The van der Waals surface area contributed by atoms with Crippen LogP contribution >= 0.6 is 0 Å². The fourth-order valence-corrected chi connectivity index (χ4v) is 11.0. The lowest BCUT2D eigenvalue weighted by molar-refractivity contribution is -0.203. The molecular formula is C48H86N4O8. The maximum Gasteiger partial charge on any atom is 0.311 e. The Bertz CT molecular complexity index is 1610. The minimum Gasteiger partial charge on any atom is -0.481 e. The number of rotatable bonds is 11. The minimum absolute atomic E-state index is 0.338. The number of aliphatic carboxylic acids is 1. The predicted molar refractivity (Wildman–Crippen MR) is 236 cm³/mol. The average Bonchev–Trinajstić information content (AvgIpc) is 3.11. The number of carboxylic acids is 1. The van der Waals surface area contributed by atoms with Gasteiger partial charge in [0.1, 0.15) is 18.3 Å². The summed E-state index contributed by atoms with van der Waals surface area (Å²) in [6.07, 6.45) is -0.151. The minimum atomic E-state index is -1.52. The Labute approximate surface area is 364 Å². The van der Waals surface area contributed by atoms with Crippen LogP contribution in [0.5, 0.6) is 0 Å². The normalized spacial score (nSPS) is 32.5. The van der Waals surface area contributed by atoms with Crippen LogP contribution in [-0.4, -0.2) is 143 Å². The molecule has 0 saturated carbocycles. The Hall–Kier alpha value is -2.28. The number of likely N-dealkylation sites (tertiary alicyclic amines) is 4. The standard InChI is InChI=1S/C48H86N4O8/c1-41(2)31(21-25-49(17)45(41,9)10)37(40(57)60-34-24-28-52(20)48(15,16)44(34,7)8)36(39(56)59-33-23-27-51(19)47(13,14)43(33,5)6)30(29-35(53)54)38(55)58-32-22-26-50(18)46(11,12)42(32,3)4/h30-34,36-37H,21-29H2,1-20H3,(H,53,54). The number of hydrogen-bond acceptors (Lipinski definition) is 11. The average molecular weight is 847 g/mol. The number of carboxylic acid groups (broad SMARTS) is 1. The second-order valence-electron chi connectivity index (χ2n) is 23.6. The van der Waals surface area contributed by atoms with Gasteiger partial charge < -0.3 is 38.9 Å². The summed E-state index contributed by atoms with van der Waals surface area (Å²) in [7, 11) is 8.27. The van der Waals surface area contributed by atoms with Gasteiger partial charge in [-0.25, -0.2) is 0 Å². The van der Waals surface area contributed by atoms with Crippen molar-refractivity contribution in [1.29, 1.82) is 0 Å². The summed E-state index contributed by atoms with van der Waals surface area (Å²) in [6.45, 7) is 36.5. The topological polar surface area (TPSA) is 129 Å². The van der Waals surface area contributed by atoms with Gasteiger partial charge in [-0.15, -0.1) is 0 Å². The third-order valence-corrected chi connectivity index (χ3v) is 19.7. The van der Waals surface area contributed by atoms with Crippen LogP contribution in [0.25, 0.3) is 0 Å². The molecule has 0 bridgehead atoms. The highest BCUT2D eigenvalue weighted by molar-refractivity contribution is 5.90. The van der Waals surface area contributed by atoms with Gasteiger partial charge >= 0.3 is 23.9 Å². The van der Waals surface area contributed by atoms with Crippen LogP contribution < -0.4 is 0 Å². The molecule has 12 nitrogen and oxygen atoms in total. The fourth-order valence-electron chi connectivity index (χ4n) is 11.0. The van der Waals surface area contributed by atoms with E-state index in [1.54, 1.807) is 0 Å². The van der Waals surface area contributed by atoms with Crippen LogP contribution in [-0.2, 0) is 33.4 Å². The van der Waals surface area contributed by atoms with Gasteiger partial charge in [0, 0.05) is 58.0 Å². The van der Waals surface area contributed by atoms with Gasteiger partial charge in [0.15, 0.2) is 0 Å². The maximum absolute atomic E-state index is 15.6. The van der Waals surface area contributed by atoms with Crippen molar-refractivity contribution in [2.24, 2.45) is 45.3 Å². The summed E-state index contributed by atoms with van der Waals surface area (Å²) < 4.78 is 20.0. The van der Waals surface area contributed by atoms with Crippen molar-refractivity contribution in [3.63, 3.8) is 0 Å². The van der Waals surface area contributed by atoms with E-state index in [1.165, 1.54) is 0 Å². The predicted octanol–water partition coefficient (Wildman–Crippen LogP) is 7.22. The molecule has 60 heavy (non-hydrogen) atoms. The Morgan fingerprint density at radius 2 is 0.783 bits per heavy atom. The number of ether oxygens (including phenoxy) is 3. The molecule has 0 radical (unpaired) electrons.